The average Bonchev–Trinajstić information content (AvgIpc) is 2.26. The Morgan fingerprint density at radius 3 is 2.61 bits per heavy atom. The van der Waals surface area contributed by atoms with Crippen molar-refractivity contribution in [2.24, 2.45) is 5.41 Å². The van der Waals surface area contributed by atoms with E-state index in [9.17, 15) is 0 Å². The van der Waals surface area contributed by atoms with Gasteiger partial charge in [-0.1, -0.05) is 34.1 Å². The average molecular weight is 248 g/mol. The van der Waals surface area contributed by atoms with Gasteiger partial charge in [-0.05, 0) is 49.4 Å². The Balaban J connectivity index is 2.60. The highest BCUT2D eigenvalue weighted by atomic mass is 14.9. The standard InChI is InChI=1S/C16H28N2/c1-6-17-15(8-7-10-16(3,4)5)14-9-11-18-13(2)12-14/h9,11-12,15,17H,6-8,10H2,1-5H3. The number of hydrogen-bond donors (Lipinski definition) is 1. The molecule has 1 aromatic rings. The van der Waals surface area contributed by atoms with Crippen molar-refractivity contribution in [2.75, 3.05) is 6.54 Å². The van der Waals surface area contributed by atoms with Crippen LogP contribution in [0.15, 0.2) is 18.3 Å². The Hall–Kier alpha value is -0.890. The largest absolute Gasteiger partial charge is 0.310 e. The molecule has 1 atom stereocenters. The van der Waals surface area contributed by atoms with Gasteiger partial charge in [-0.25, -0.2) is 0 Å². The summed E-state index contributed by atoms with van der Waals surface area (Å²) in [5, 5.41) is 3.58. The third kappa shape index (κ3) is 5.63. The first-order valence-electron chi connectivity index (χ1n) is 7.08. The molecule has 0 saturated heterocycles. The van der Waals surface area contributed by atoms with Crippen molar-refractivity contribution in [2.45, 2.75) is 59.9 Å². The maximum Gasteiger partial charge on any atom is 0.0375 e. The molecule has 2 nitrogen and oxygen atoms in total. The lowest BCUT2D eigenvalue weighted by Gasteiger charge is -2.22. The molecular formula is C16H28N2. The van der Waals surface area contributed by atoms with Crippen LogP contribution in [0, 0.1) is 12.3 Å². The number of aromatic nitrogens is 1. The van der Waals surface area contributed by atoms with Crippen LogP contribution < -0.4 is 5.32 Å². The van der Waals surface area contributed by atoms with Crippen molar-refractivity contribution < 1.29 is 0 Å². The van der Waals surface area contributed by atoms with Gasteiger partial charge in [0.2, 0.25) is 0 Å². The van der Waals surface area contributed by atoms with Crippen LogP contribution in [0.25, 0.3) is 0 Å². The van der Waals surface area contributed by atoms with Gasteiger partial charge in [-0.15, -0.1) is 0 Å². The summed E-state index contributed by atoms with van der Waals surface area (Å²) >= 11 is 0. The fraction of sp³-hybridized carbons (Fsp3) is 0.688. The molecule has 0 fully saturated rings. The zero-order valence-electron chi connectivity index (χ0n) is 12.6. The lowest BCUT2D eigenvalue weighted by Crippen LogP contribution is -2.21. The Bertz CT molecular complexity index is 352. The predicted molar refractivity (Wildman–Crippen MR) is 78.7 cm³/mol. The monoisotopic (exact) mass is 248 g/mol. The van der Waals surface area contributed by atoms with Gasteiger partial charge in [-0.3, -0.25) is 4.98 Å². The van der Waals surface area contributed by atoms with Crippen molar-refractivity contribution in [3.05, 3.63) is 29.6 Å². The molecule has 0 aliphatic carbocycles. The third-order valence-electron chi connectivity index (χ3n) is 3.19. The molecule has 0 amide bonds. The minimum Gasteiger partial charge on any atom is -0.310 e. The van der Waals surface area contributed by atoms with Crippen LogP contribution >= 0.6 is 0 Å². The molecule has 0 aliphatic rings. The van der Waals surface area contributed by atoms with Crippen LogP contribution in [0.2, 0.25) is 0 Å². The van der Waals surface area contributed by atoms with E-state index in [1.165, 1.54) is 24.8 Å². The van der Waals surface area contributed by atoms with Gasteiger partial charge >= 0.3 is 0 Å². The van der Waals surface area contributed by atoms with Gasteiger partial charge in [0.15, 0.2) is 0 Å². The molecule has 1 rings (SSSR count). The van der Waals surface area contributed by atoms with Crippen molar-refractivity contribution >= 4 is 0 Å². The molecule has 0 radical (unpaired) electrons. The molecule has 2 heteroatoms. The van der Waals surface area contributed by atoms with E-state index in [-0.39, 0.29) is 0 Å². The number of aryl methyl sites for hydroxylation is 1. The molecule has 0 bridgehead atoms. The van der Waals surface area contributed by atoms with E-state index in [1.807, 2.05) is 6.20 Å². The second-order valence-corrected chi connectivity index (χ2v) is 6.29. The van der Waals surface area contributed by atoms with E-state index in [4.69, 9.17) is 0 Å². The molecule has 0 aromatic carbocycles. The second-order valence-electron chi connectivity index (χ2n) is 6.29. The first-order valence-corrected chi connectivity index (χ1v) is 7.08. The lowest BCUT2D eigenvalue weighted by atomic mass is 9.88. The summed E-state index contributed by atoms with van der Waals surface area (Å²) < 4.78 is 0. The number of nitrogens with zero attached hydrogens (tertiary/aromatic N) is 1. The van der Waals surface area contributed by atoms with E-state index >= 15 is 0 Å². The highest BCUT2D eigenvalue weighted by molar-refractivity contribution is 5.19. The van der Waals surface area contributed by atoms with E-state index < -0.39 is 0 Å². The van der Waals surface area contributed by atoms with Crippen LogP contribution in [-0.4, -0.2) is 11.5 Å². The lowest BCUT2D eigenvalue weighted by molar-refractivity contribution is 0.344. The van der Waals surface area contributed by atoms with E-state index in [1.54, 1.807) is 0 Å². The maximum absolute atomic E-state index is 4.27. The Labute approximate surface area is 112 Å². The summed E-state index contributed by atoms with van der Waals surface area (Å²) in [4.78, 5) is 4.27. The Kier molecular flexibility index (Phi) is 5.80. The van der Waals surface area contributed by atoms with Crippen LogP contribution in [0.4, 0.5) is 0 Å². The molecule has 1 unspecified atom stereocenters. The van der Waals surface area contributed by atoms with Crippen LogP contribution in [0.3, 0.4) is 0 Å². The van der Waals surface area contributed by atoms with Gasteiger partial charge in [0, 0.05) is 17.9 Å². The second kappa shape index (κ2) is 6.89. The van der Waals surface area contributed by atoms with Gasteiger partial charge < -0.3 is 5.32 Å². The summed E-state index contributed by atoms with van der Waals surface area (Å²) in [6, 6.07) is 4.81. The van der Waals surface area contributed by atoms with E-state index in [0.717, 1.165) is 12.2 Å². The minimum atomic E-state index is 0.435. The van der Waals surface area contributed by atoms with Crippen LogP contribution in [-0.2, 0) is 0 Å². The van der Waals surface area contributed by atoms with Gasteiger partial charge in [0.25, 0.3) is 0 Å². The molecule has 0 aliphatic heterocycles. The quantitative estimate of drug-likeness (QED) is 0.813. The molecular weight excluding hydrogens is 220 g/mol. The van der Waals surface area contributed by atoms with Gasteiger partial charge in [0.05, 0.1) is 0 Å². The zero-order valence-corrected chi connectivity index (χ0v) is 12.6. The normalized spacial score (nSPS) is 13.6. The molecule has 102 valence electrons. The Morgan fingerprint density at radius 1 is 1.33 bits per heavy atom. The first kappa shape index (κ1) is 15.2. The maximum atomic E-state index is 4.27. The summed E-state index contributed by atoms with van der Waals surface area (Å²) in [7, 11) is 0. The zero-order chi connectivity index (χ0) is 13.6. The number of pyridine rings is 1. The highest BCUT2D eigenvalue weighted by Crippen LogP contribution is 2.26. The summed E-state index contributed by atoms with van der Waals surface area (Å²) in [6.07, 6.45) is 5.66. The molecule has 1 aromatic heterocycles. The van der Waals surface area contributed by atoms with Crippen molar-refractivity contribution in [1.29, 1.82) is 0 Å². The minimum absolute atomic E-state index is 0.435. The highest BCUT2D eigenvalue weighted by Gasteiger charge is 2.14. The fourth-order valence-electron chi connectivity index (χ4n) is 2.25. The van der Waals surface area contributed by atoms with Crippen molar-refractivity contribution in [1.82, 2.24) is 10.3 Å². The summed E-state index contributed by atoms with van der Waals surface area (Å²) in [6.45, 7) is 12.2. The van der Waals surface area contributed by atoms with E-state index in [0.29, 0.717) is 11.5 Å². The smallest absolute Gasteiger partial charge is 0.0375 e. The number of rotatable bonds is 6. The van der Waals surface area contributed by atoms with Crippen LogP contribution in [0.5, 0.6) is 0 Å². The molecule has 1 heterocycles. The molecule has 18 heavy (non-hydrogen) atoms. The van der Waals surface area contributed by atoms with E-state index in [2.05, 4.69) is 57.1 Å². The SMILES string of the molecule is CCNC(CCCC(C)(C)C)c1ccnc(C)c1. The van der Waals surface area contributed by atoms with Gasteiger partial charge in [0.1, 0.15) is 0 Å². The number of nitrogens with one attached hydrogen (secondary N) is 1. The third-order valence-corrected chi connectivity index (χ3v) is 3.19. The summed E-state index contributed by atoms with van der Waals surface area (Å²) in [5.41, 5.74) is 2.91. The number of hydrogen-bond acceptors (Lipinski definition) is 2. The van der Waals surface area contributed by atoms with Gasteiger partial charge in [-0.2, -0.15) is 0 Å². The first-order chi connectivity index (χ1) is 8.42. The fourth-order valence-corrected chi connectivity index (χ4v) is 2.25. The Morgan fingerprint density at radius 2 is 2.06 bits per heavy atom. The van der Waals surface area contributed by atoms with Crippen LogP contribution in [0.1, 0.15) is 64.3 Å². The van der Waals surface area contributed by atoms with Crippen molar-refractivity contribution in [3.63, 3.8) is 0 Å². The molecule has 0 saturated carbocycles. The summed E-state index contributed by atoms with van der Waals surface area (Å²) in [5.74, 6) is 0. The van der Waals surface area contributed by atoms with Crippen molar-refractivity contribution in [3.8, 4) is 0 Å². The molecule has 0 spiro atoms. The topological polar surface area (TPSA) is 24.9 Å². The predicted octanol–water partition coefficient (Wildman–Crippen LogP) is 4.26. The molecule has 1 N–H and O–H groups in total.